The molecule has 2 aromatic carbocycles. The van der Waals surface area contributed by atoms with E-state index in [0.29, 0.717) is 11.6 Å². The highest BCUT2D eigenvalue weighted by molar-refractivity contribution is 7.90. The van der Waals surface area contributed by atoms with Gasteiger partial charge in [0, 0.05) is 11.6 Å². The van der Waals surface area contributed by atoms with Crippen molar-refractivity contribution in [2.75, 3.05) is 19.6 Å². The molecule has 1 heterocycles. The number of likely N-dealkylation sites (N-methyl/N-ethyl adjacent to an activating group) is 1. The van der Waals surface area contributed by atoms with Crippen molar-refractivity contribution in [3.05, 3.63) is 88.8 Å². The summed E-state index contributed by atoms with van der Waals surface area (Å²) in [5.41, 5.74) is 0.937. The molecule has 1 amide bonds. The molecule has 1 N–H and O–H groups in total. The van der Waals surface area contributed by atoms with E-state index in [1.165, 1.54) is 24.3 Å². The minimum Gasteiger partial charge on any atom is -0.455 e. The second kappa shape index (κ2) is 10.8. The quantitative estimate of drug-likeness (QED) is 0.460. The highest BCUT2D eigenvalue weighted by Crippen LogP contribution is 2.27. The molecule has 0 spiro atoms. The van der Waals surface area contributed by atoms with Crippen LogP contribution in [-0.2, 0) is 15.6 Å². The second-order valence-electron chi connectivity index (χ2n) is 7.31. The Labute approximate surface area is 194 Å². The van der Waals surface area contributed by atoms with E-state index in [-0.39, 0.29) is 28.2 Å². The largest absolute Gasteiger partial charge is 0.455 e. The molecule has 0 aliphatic rings. The lowest BCUT2D eigenvalue weighted by Gasteiger charge is -2.30. The molecule has 0 aliphatic heterocycles. The fourth-order valence-electron chi connectivity index (χ4n) is 3.60. The number of halogens is 1. The number of hydrogen-bond acceptors (Lipinski definition) is 5. The number of benzene rings is 2. The van der Waals surface area contributed by atoms with E-state index in [4.69, 9.17) is 16.0 Å². The van der Waals surface area contributed by atoms with Gasteiger partial charge in [-0.25, -0.2) is 8.42 Å². The summed E-state index contributed by atoms with van der Waals surface area (Å²) in [6.07, 6.45) is 0. The number of nitrogens with zero attached hydrogens (tertiary/aromatic N) is 1. The van der Waals surface area contributed by atoms with Gasteiger partial charge in [0.1, 0.15) is 11.5 Å². The molecule has 32 heavy (non-hydrogen) atoms. The van der Waals surface area contributed by atoms with Crippen molar-refractivity contribution < 1.29 is 17.6 Å². The lowest BCUT2D eigenvalue weighted by molar-refractivity contribution is 0.0905. The number of hydrogen-bond donors (Lipinski definition) is 1. The monoisotopic (exact) mass is 474 g/mol. The molecule has 0 aliphatic carbocycles. The summed E-state index contributed by atoms with van der Waals surface area (Å²) >= 11 is 6.41. The van der Waals surface area contributed by atoms with Gasteiger partial charge in [-0.05, 0) is 49.0 Å². The van der Waals surface area contributed by atoms with Crippen molar-refractivity contribution in [1.82, 2.24) is 10.2 Å². The molecule has 3 aromatic rings. The van der Waals surface area contributed by atoms with Crippen LogP contribution in [0, 0.1) is 0 Å². The van der Waals surface area contributed by atoms with Crippen LogP contribution in [0.2, 0.25) is 5.02 Å². The van der Waals surface area contributed by atoms with Crippen molar-refractivity contribution >= 4 is 27.3 Å². The first-order valence-corrected chi connectivity index (χ1v) is 12.5. The molecule has 3 rings (SSSR count). The third-order valence-corrected chi connectivity index (χ3v) is 7.29. The highest BCUT2D eigenvalue weighted by atomic mass is 35.5. The molecule has 1 unspecified atom stereocenters. The summed E-state index contributed by atoms with van der Waals surface area (Å²) in [5.74, 6) is -0.435. The van der Waals surface area contributed by atoms with Crippen LogP contribution in [0.15, 0.2) is 76.0 Å². The van der Waals surface area contributed by atoms with Crippen LogP contribution in [0.3, 0.4) is 0 Å². The van der Waals surface area contributed by atoms with Gasteiger partial charge < -0.3 is 9.73 Å². The first-order valence-electron chi connectivity index (χ1n) is 10.5. The Kier molecular flexibility index (Phi) is 8.12. The first kappa shape index (κ1) is 24.0. The van der Waals surface area contributed by atoms with E-state index in [2.05, 4.69) is 24.1 Å². The molecule has 1 aromatic heterocycles. The Morgan fingerprint density at radius 2 is 1.66 bits per heavy atom. The van der Waals surface area contributed by atoms with Crippen LogP contribution in [-0.4, -0.2) is 38.9 Å². The number of carbonyl (C=O) groups excluding carboxylic acids is 1. The molecule has 0 fully saturated rings. The van der Waals surface area contributed by atoms with Gasteiger partial charge in [-0.15, -0.1) is 0 Å². The fourth-order valence-corrected chi connectivity index (χ4v) is 5.13. The number of amides is 1. The van der Waals surface area contributed by atoms with Crippen molar-refractivity contribution in [2.24, 2.45) is 0 Å². The van der Waals surface area contributed by atoms with Crippen molar-refractivity contribution in [3.8, 4) is 0 Å². The number of sulfone groups is 1. The zero-order chi connectivity index (χ0) is 23.1. The molecular weight excluding hydrogens is 448 g/mol. The fraction of sp³-hybridized carbons (Fsp3) is 0.292. The van der Waals surface area contributed by atoms with Crippen molar-refractivity contribution in [3.63, 3.8) is 0 Å². The standard InChI is InChI=1S/C24H27ClN2O4S/c1-3-27(4-2)22(20-12-8-9-13-21(20)25)16-26-24(28)23-15-14-18(31-23)17-32(29,30)19-10-6-5-7-11-19/h5-15,22H,3-4,16-17H2,1-2H3,(H,26,28). The summed E-state index contributed by atoms with van der Waals surface area (Å²) in [6.45, 7) is 6.04. The van der Waals surface area contributed by atoms with Gasteiger partial charge in [-0.2, -0.15) is 0 Å². The Morgan fingerprint density at radius 3 is 2.31 bits per heavy atom. The minimum atomic E-state index is -3.56. The van der Waals surface area contributed by atoms with Crippen molar-refractivity contribution in [2.45, 2.75) is 30.5 Å². The Bertz CT molecular complexity index is 1140. The van der Waals surface area contributed by atoms with Gasteiger partial charge in [0.05, 0.1) is 10.9 Å². The zero-order valence-corrected chi connectivity index (χ0v) is 19.7. The Balaban J connectivity index is 1.70. The maximum atomic E-state index is 12.7. The van der Waals surface area contributed by atoms with E-state index >= 15 is 0 Å². The number of nitrogens with one attached hydrogen (secondary N) is 1. The van der Waals surface area contributed by atoms with E-state index < -0.39 is 15.7 Å². The highest BCUT2D eigenvalue weighted by Gasteiger charge is 2.23. The average molecular weight is 475 g/mol. The van der Waals surface area contributed by atoms with Crippen LogP contribution in [0.1, 0.15) is 41.8 Å². The molecular formula is C24H27ClN2O4S. The molecule has 0 saturated heterocycles. The van der Waals surface area contributed by atoms with Gasteiger partial charge >= 0.3 is 0 Å². The number of carbonyl (C=O) groups is 1. The summed E-state index contributed by atoms with van der Waals surface area (Å²) in [5, 5.41) is 3.54. The first-order chi connectivity index (χ1) is 15.4. The molecule has 1 atom stereocenters. The van der Waals surface area contributed by atoms with Gasteiger partial charge in [0.15, 0.2) is 15.6 Å². The van der Waals surface area contributed by atoms with Crippen LogP contribution >= 0.6 is 11.6 Å². The summed E-state index contributed by atoms with van der Waals surface area (Å²) in [6, 6.07) is 18.7. The third kappa shape index (κ3) is 5.79. The molecule has 6 nitrogen and oxygen atoms in total. The smallest absolute Gasteiger partial charge is 0.287 e. The topological polar surface area (TPSA) is 79.6 Å². The van der Waals surface area contributed by atoms with E-state index in [1.54, 1.807) is 18.2 Å². The van der Waals surface area contributed by atoms with Gasteiger partial charge in [0.25, 0.3) is 5.91 Å². The molecule has 0 radical (unpaired) electrons. The van der Waals surface area contributed by atoms with Crippen molar-refractivity contribution in [1.29, 1.82) is 0 Å². The lowest BCUT2D eigenvalue weighted by Crippen LogP contribution is -2.38. The van der Waals surface area contributed by atoms with E-state index in [1.807, 2.05) is 24.3 Å². The molecule has 0 bridgehead atoms. The normalized spacial score (nSPS) is 12.6. The van der Waals surface area contributed by atoms with E-state index in [9.17, 15) is 13.2 Å². The lowest BCUT2D eigenvalue weighted by atomic mass is 10.0. The van der Waals surface area contributed by atoms with Crippen LogP contribution in [0.25, 0.3) is 0 Å². The van der Waals surface area contributed by atoms with Crippen LogP contribution in [0.5, 0.6) is 0 Å². The Hall–Kier alpha value is -2.61. The van der Waals surface area contributed by atoms with Gasteiger partial charge in [-0.3, -0.25) is 9.69 Å². The summed E-state index contributed by atoms with van der Waals surface area (Å²) in [4.78, 5) is 15.1. The van der Waals surface area contributed by atoms with E-state index in [0.717, 1.165) is 18.7 Å². The maximum Gasteiger partial charge on any atom is 0.287 e. The number of furan rings is 1. The summed E-state index contributed by atoms with van der Waals surface area (Å²) < 4.78 is 30.6. The summed E-state index contributed by atoms with van der Waals surface area (Å²) in [7, 11) is -3.56. The number of rotatable bonds is 10. The Morgan fingerprint density at radius 1 is 1.00 bits per heavy atom. The molecule has 8 heteroatoms. The van der Waals surface area contributed by atoms with Crippen LogP contribution in [0.4, 0.5) is 0 Å². The van der Waals surface area contributed by atoms with Crippen LogP contribution < -0.4 is 5.32 Å². The second-order valence-corrected chi connectivity index (χ2v) is 9.70. The van der Waals surface area contributed by atoms with Gasteiger partial charge in [0.2, 0.25) is 0 Å². The molecule has 0 saturated carbocycles. The minimum absolute atomic E-state index is 0.0701. The predicted molar refractivity (Wildman–Crippen MR) is 125 cm³/mol. The molecule has 170 valence electrons. The van der Waals surface area contributed by atoms with Gasteiger partial charge in [-0.1, -0.05) is 61.8 Å². The predicted octanol–water partition coefficient (Wildman–Crippen LogP) is 4.72. The average Bonchev–Trinajstić information content (AvgIpc) is 3.25. The maximum absolute atomic E-state index is 12.7. The SMILES string of the molecule is CCN(CC)C(CNC(=O)c1ccc(CS(=O)(=O)c2ccccc2)o1)c1ccccc1Cl. The third-order valence-electron chi connectivity index (χ3n) is 5.29. The zero-order valence-electron chi connectivity index (χ0n) is 18.1.